The molecule has 0 spiro atoms. The van der Waals surface area contributed by atoms with Crippen molar-refractivity contribution in [3.05, 3.63) is 11.9 Å². The summed E-state index contributed by atoms with van der Waals surface area (Å²) in [7, 11) is -1.27. The van der Waals surface area contributed by atoms with Gasteiger partial charge in [0.1, 0.15) is 0 Å². The predicted molar refractivity (Wildman–Crippen MR) is 104 cm³/mol. The lowest BCUT2D eigenvalue weighted by Gasteiger charge is -2.23. The maximum Gasteiger partial charge on any atom is 0.227 e. The molecule has 6 nitrogen and oxygen atoms in total. The predicted octanol–water partition coefficient (Wildman–Crippen LogP) is 3.11. The lowest BCUT2D eigenvalue weighted by Crippen LogP contribution is -2.32. The molecule has 26 heavy (non-hydrogen) atoms. The minimum Gasteiger partial charge on any atom is -0.380 e. The first-order valence-corrected chi connectivity index (χ1v) is 11.6. The molecule has 0 saturated carbocycles. The van der Waals surface area contributed by atoms with Crippen molar-refractivity contribution in [1.29, 1.82) is 0 Å². The summed E-state index contributed by atoms with van der Waals surface area (Å²) in [6, 6.07) is 0.399. The smallest absolute Gasteiger partial charge is 0.227 e. The fraction of sp³-hybridized carbons (Fsp3) is 0.842. The van der Waals surface area contributed by atoms with E-state index in [2.05, 4.69) is 37.7 Å². The van der Waals surface area contributed by atoms with Gasteiger partial charge in [0.25, 0.3) is 0 Å². The molecule has 2 rings (SSSR count). The van der Waals surface area contributed by atoms with Gasteiger partial charge in [-0.15, -0.1) is 0 Å². The number of likely N-dealkylation sites (N-methyl/N-ethyl adjacent to an activating group) is 1. The highest BCUT2D eigenvalue weighted by atomic mass is 32.2. The highest BCUT2D eigenvalue weighted by Crippen LogP contribution is 2.20. The molecule has 1 aromatic heterocycles. The van der Waals surface area contributed by atoms with Crippen LogP contribution >= 0.6 is 0 Å². The number of rotatable bonds is 11. The SMILES string of the molecule is CCCCn1c(CN(C)C2CCOC2)cnc1S(=O)(=O)CCCC(C)C. The average molecular weight is 386 g/mol. The third-order valence-corrected chi connectivity index (χ3v) is 6.76. The Balaban J connectivity index is 2.16. The highest BCUT2D eigenvalue weighted by Gasteiger charge is 2.25. The minimum atomic E-state index is -3.34. The van der Waals surface area contributed by atoms with Gasteiger partial charge >= 0.3 is 0 Å². The summed E-state index contributed by atoms with van der Waals surface area (Å²) in [6.45, 7) is 9.33. The van der Waals surface area contributed by atoms with E-state index >= 15 is 0 Å². The van der Waals surface area contributed by atoms with Crippen molar-refractivity contribution in [3.63, 3.8) is 0 Å². The first-order valence-electron chi connectivity index (χ1n) is 9.90. The molecule has 0 amide bonds. The van der Waals surface area contributed by atoms with E-state index in [4.69, 9.17) is 4.74 Å². The minimum absolute atomic E-state index is 0.181. The van der Waals surface area contributed by atoms with Crippen molar-refractivity contribution in [2.45, 2.75) is 77.2 Å². The van der Waals surface area contributed by atoms with Crippen LogP contribution in [0, 0.1) is 5.92 Å². The van der Waals surface area contributed by atoms with Crippen LogP contribution in [0.2, 0.25) is 0 Å². The van der Waals surface area contributed by atoms with Crippen LogP contribution in [0.25, 0.3) is 0 Å². The molecule has 0 radical (unpaired) electrons. The topological polar surface area (TPSA) is 64.4 Å². The van der Waals surface area contributed by atoms with Gasteiger partial charge in [-0.05, 0) is 38.6 Å². The summed E-state index contributed by atoms with van der Waals surface area (Å²) in [5.41, 5.74) is 0.982. The number of ether oxygens (including phenoxy) is 1. The molecule has 0 aromatic carbocycles. The molecule has 1 aromatic rings. The second-order valence-electron chi connectivity index (χ2n) is 7.82. The quantitative estimate of drug-likeness (QED) is 0.586. The van der Waals surface area contributed by atoms with E-state index in [9.17, 15) is 8.42 Å². The molecule has 1 fully saturated rings. The van der Waals surface area contributed by atoms with E-state index in [1.807, 2.05) is 4.57 Å². The van der Waals surface area contributed by atoms with Crippen molar-refractivity contribution in [3.8, 4) is 0 Å². The molecule has 1 unspecified atom stereocenters. The van der Waals surface area contributed by atoms with Gasteiger partial charge in [-0.3, -0.25) is 4.90 Å². The number of unbranched alkanes of at least 4 members (excludes halogenated alkanes) is 1. The zero-order valence-corrected chi connectivity index (χ0v) is 17.6. The Morgan fingerprint density at radius 1 is 1.38 bits per heavy atom. The third kappa shape index (κ3) is 5.79. The van der Waals surface area contributed by atoms with Gasteiger partial charge in [0.05, 0.1) is 24.3 Å². The third-order valence-electron chi connectivity index (χ3n) is 5.05. The molecule has 1 atom stereocenters. The zero-order chi connectivity index (χ0) is 19.2. The number of nitrogens with zero attached hydrogens (tertiary/aromatic N) is 3. The van der Waals surface area contributed by atoms with Gasteiger partial charge in [0, 0.05) is 25.7 Å². The maximum absolute atomic E-state index is 12.8. The van der Waals surface area contributed by atoms with Crippen molar-refractivity contribution < 1.29 is 13.2 Å². The summed E-state index contributed by atoms with van der Waals surface area (Å²) in [5.74, 6) is 0.697. The standard InChI is InChI=1S/C19H35N3O3S/c1-5-6-10-22-18(14-21(4)17-9-11-25-15-17)13-20-19(22)26(23,24)12-7-8-16(2)3/h13,16-17H,5-12,14-15H2,1-4H3. The maximum atomic E-state index is 12.8. The zero-order valence-electron chi connectivity index (χ0n) is 16.8. The molecule has 0 aliphatic carbocycles. The summed E-state index contributed by atoms with van der Waals surface area (Å²) in [6.07, 6.45) is 6.36. The van der Waals surface area contributed by atoms with Gasteiger partial charge in [-0.2, -0.15) is 0 Å². The average Bonchev–Trinajstić information content (AvgIpc) is 3.22. The summed E-state index contributed by atoms with van der Waals surface area (Å²) in [5, 5.41) is 0.251. The van der Waals surface area contributed by atoms with Gasteiger partial charge in [-0.1, -0.05) is 27.2 Å². The molecule has 0 N–H and O–H groups in total. The Hall–Kier alpha value is -0.920. The molecule has 1 aliphatic rings. The molecular weight excluding hydrogens is 350 g/mol. The Labute approximate surface area is 158 Å². The molecular formula is C19H35N3O3S. The van der Waals surface area contributed by atoms with Crippen LogP contribution in [0.3, 0.4) is 0 Å². The normalized spacial score (nSPS) is 18.3. The van der Waals surface area contributed by atoms with E-state index in [0.717, 1.165) is 44.6 Å². The second-order valence-corrected chi connectivity index (χ2v) is 9.83. The number of hydrogen-bond donors (Lipinski definition) is 0. The van der Waals surface area contributed by atoms with E-state index in [1.54, 1.807) is 6.20 Å². The lowest BCUT2D eigenvalue weighted by atomic mass is 10.1. The Morgan fingerprint density at radius 2 is 2.15 bits per heavy atom. The van der Waals surface area contributed by atoms with Crippen molar-refractivity contribution >= 4 is 9.84 Å². The first kappa shape index (κ1) is 21.4. The second kappa shape index (κ2) is 9.85. The summed E-state index contributed by atoms with van der Waals surface area (Å²) >= 11 is 0. The summed E-state index contributed by atoms with van der Waals surface area (Å²) in [4.78, 5) is 6.59. The molecule has 150 valence electrons. The monoisotopic (exact) mass is 385 g/mol. The first-order chi connectivity index (χ1) is 12.3. The Bertz CT molecular complexity index is 649. The molecule has 1 aliphatic heterocycles. The Morgan fingerprint density at radius 3 is 2.77 bits per heavy atom. The van der Waals surface area contributed by atoms with Gasteiger partial charge < -0.3 is 9.30 Å². The van der Waals surface area contributed by atoms with Crippen LogP contribution in [0.15, 0.2) is 11.4 Å². The van der Waals surface area contributed by atoms with Crippen LogP contribution in [-0.4, -0.2) is 54.9 Å². The number of imidazole rings is 1. The molecule has 2 heterocycles. The van der Waals surface area contributed by atoms with Crippen LogP contribution in [0.5, 0.6) is 0 Å². The number of aromatic nitrogens is 2. The van der Waals surface area contributed by atoms with Crippen LogP contribution in [0.4, 0.5) is 0 Å². The van der Waals surface area contributed by atoms with Gasteiger partial charge in [0.2, 0.25) is 15.0 Å². The Kier molecular flexibility index (Phi) is 8.10. The van der Waals surface area contributed by atoms with E-state index in [-0.39, 0.29) is 10.9 Å². The molecule has 1 saturated heterocycles. The van der Waals surface area contributed by atoms with Crippen molar-refractivity contribution in [2.75, 3.05) is 26.0 Å². The van der Waals surface area contributed by atoms with Crippen LogP contribution in [-0.2, 0) is 27.7 Å². The summed E-state index contributed by atoms with van der Waals surface area (Å²) < 4.78 is 33.1. The highest BCUT2D eigenvalue weighted by molar-refractivity contribution is 7.91. The van der Waals surface area contributed by atoms with Crippen molar-refractivity contribution in [1.82, 2.24) is 14.5 Å². The van der Waals surface area contributed by atoms with Gasteiger partial charge in [0.15, 0.2) is 0 Å². The molecule has 7 heteroatoms. The van der Waals surface area contributed by atoms with Crippen LogP contribution in [0.1, 0.15) is 58.6 Å². The van der Waals surface area contributed by atoms with Crippen molar-refractivity contribution in [2.24, 2.45) is 5.92 Å². The molecule has 0 bridgehead atoms. The van der Waals surface area contributed by atoms with Crippen LogP contribution < -0.4 is 0 Å². The van der Waals surface area contributed by atoms with E-state index in [0.29, 0.717) is 31.5 Å². The largest absolute Gasteiger partial charge is 0.380 e. The fourth-order valence-corrected chi connectivity index (χ4v) is 4.84. The fourth-order valence-electron chi connectivity index (χ4n) is 3.35. The lowest BCUT2D eigenvalue weighted by molar-refractivity contribution is 0.155. The number of hydrogen-bond acceptors (Lipinski definition) is 5. The van der Waals surface area contributed by atoms with E-state index in [1.165, 1.54) is 0 Å². The van der Waals surface area contributed by atoms with E-state index < -0.39 is 9.84 Å². The number of sulfone groups is 1. The van der Waals surface area contributed by atoms with Gasteiger partial charge in [-0.25, -0.2) is 13.4 Å².